The van der Waals surface area contributed by atoms with E-state index in [-0.39, 0.29) is 30.3 Å². The average Bonchev–Trinajstić information content (AvgIpc) is 2.67. The Morgan fingerprint density at radius 1 is 1.58 bits per heavy atom. The van der Waals surface area contributed by atoms with Crippen LogP contribution in [0.3, 0.4) is 0 Å². The Kier molecular flexibility index (Phi) is 6.57. The number of carbonyl (C=O) groups is 2. The van der Waals surface area contributed by atoms with Gasteiger partial charge in [-0.25, -0.2) is 4.39 Å². The lowest BCUT2D eigenvalue weighted by molar-refractivity contribution is -0.120. The van der Waals surface area contributed by atoms with Crippen molar-refractivity contribution in [2.24, 2.45) is 5.73 Å². The molecule has 2 amide bonds. The fourth-order valence-electron chi connectivity index (χ4n) is 2.32. The number of nitrogens with one attached hydrogen (secondary N) is 1. The largest absolute Gasteiger partial charge is 0.369 e. The van der Waals surface area contributed by atoms with E-state index in [1.165, 1.54) is 11.8 Å². The molecule has 7 heteroatoms. The molecule has 1 rings (SSSR count). The summed E-state index contributed by atoms with van der Waals surface area (Å²) in [6, 6.07) is -0.147. The molecule has 1 fully saturated rings. The molecule has 110 valence electrons. The molecule has 1 aliphatic rings. The van der Waals surface area contributed by atoms with Crippen LogP contribution in [-0.2, 0) is 9.59 Å². The summed E-state index contributed by atoms with van der Waals surface area (Å²) in [6.07, 6.45) is 2.03. The third-order valence-electron chi connectivity index (χ3n) is 3.30. The fraction of sp³-hybridized carbons (Fsp3) is 0.833. The van der Waals surface area contributed by atoms with E-state index >= 15 is 0 Å². The molecule has 3 N–H and O–H groups in total. The van der Waals surface area contributed by atoms with Crippen molar-refractivity contribution < 1.29 is 14.0 Å². The van der Waals surface area contributed by atoms with Gasteiger partial charge in [0.05, 0.1) is 11.8 Å². The molecule has 1 heterocycles. The Hall–Kier alpha value is -0.820. The van der Waals surface area contributed by atoms with Crippen LogP contribution in [0.2, 0.25) is 0 Å². The number of rotatable bonds is 7. The van der Waals surface area contributed by atoms with E-state index in [0.29, 0.717) is 13.0 Å². The van der Waals surface area contributed by atoms with Crippen LogP contribution in [0.5, 0.6) is 0 Å². The van der Waals surface area contributed by atoms with Crippen molar-refractivity contribution in [3.8, 4) is 0 Å². The first-order chi connectivity index (χ1) is 8.97. The van der Waals surface area contributed by atoms with Crippen LogP contribution >= 0.6 is 11.8 Å². The molecule has 0 aromatic heterocycles. The monoisotopic (exact) mass is 291 g/mol. The van der Waals surface area contributed by atoms with Gasteiger partial charge in [0.15, 0.2) is 0 Å². The first kappa shape index (κ1) is 16.2. The van der Waals surface area contributed by atoms with E-state index < -0.39 is 12.1 Å². The molecule has 0 aliphatic carbocycles. The lowest BCUT2D eigenvalue weighted by atomic mass is 10.2. The van der Waals surface area contributed by atoms with Crippen molar-refractivity contribution in [1.82, 2.24) is 10.2 Å². The molecule has 1 saturated heterocycles. The van der Waals surface area contributed by atoms with Gasteiger partial charge in [-0.1, -0.05) is 6.92 Å². The van der Waals surface area contributed by atoms with Gasteiger partial charge >= 0.3 is 0 Å². The Labute approximate surface area is 117 Å². The van der Waals surface area contributed by atoms with Crippen LogP contribution in [-0.4, -0.2) is 60.1 Å². The number of alkyl halides is 1. The van der Waals surface area contributed by atoms with Crippen molar-refractivity contribution >= 4 is 23.6 Å². The number of primary amides is 1. The predicted octanol–water partition coefficient (Wildman–Crippen LogP) is 0.142. The van der Waals surface area contributed by atoms with Gasteiger partial charge in [0.1, 0.15) is 6.17 Å². The maximum absolute atomic E-state index is 13.4. The molecule has 19 heavy (non-hydrogen) atoms. The highest BCUT2D eigenvalue weighted by atomic mass is 32.2. The molecule has 3 atom stereocenters. The van der Waals surface area contributed by atoms with Gasteiger partial charge in [0.2, 0.25) is 11.8 Å². The summed E-state index contributed by atoms with van der Waals surface area (Å²) in [5, 5.41) is 2.75. The summed E-state index contributed by atoms with van der Waals surface area (Å²) in [7, 11) is 0. The van der Waals surface area contributed by atoms with E-state index in [1.54, 1.807) is 4.90 Å². The zero-order valence-corrected chi connectivity index (χ0v) is 12.2. The Morgan fingerprint density at radius 2 is 2.26 bits per heavy atom. The van der Waals surface area contributed by atoms with E-state index in [4.69, 9.17) is 5.73 Å². The normalized spacial score (nSPS) is 25.2. The minimum atomic E-state index is -0.955. The Morgan fingerprint density at radius 3 is 2.79 bits per heavy atom. The van der Waals surface area contributed by atoms with Gasteiger partial charge in [-0.2, -0.15) is 11.8 Å². The number of thioether (sulfide) groups is 1. The van der Waals surface area contributed by atoms with Gasteiger partial charge in [-0.05, 0) is 19.1 Å². The third-order valence-corrected chi connectivity index (χ3v) is 4.41. The molecule has 0 spiro atoms. The first-order valence-corrected chi connectivity index (χ1v) is 7.73. The number of carbonyl (C=O) groups excluding carboxylic acids is 2. The molecular formula is C12H22FN3O2S. The van der Waals surface area contributed by atoms with Gasteiger partial charge in [0, 0.05) is 19.1 Å². The van der Waals surface area contributed by atoms with E-state index in [1.807, 2.05) is 13.2 Å². The molecule has 5 nitrogen and oxygen atoms in total. The smallest absolute Gasteiger partial charge is 0.233 e. The second kappa shape index (κ2) is 7.69. The summed E-state index contributed by atoms with van der Waals surface area (Å²) < 4.78 is 13.4. The van der Waals surface area contributed by atoms with Crippen LogP contribution in [0.4, 0.5) is 4.39 Å². The predicted molar refractivity (Wildman–Crippen MR) is 74.7 cm³/mol. The maximum atomic E-state index is 13.4. The molecule has 0 aromatic rings. The van der Waals surface area contributed by atoms with E-state index in [9.17, 15) is 14.0 Å². The van der Waals surface area contributed by atoms with Crippen LogP contribution in [0, 0.1) is 0 Å². The zero-order chi connectivity index (χ0) is 14.4. The summed E-state index contributed by atoms with van der Waals surface area (Å²) in [5.41, 5.74) is 5.13. The highest BCUT2D eigenvalue weighted by Crippen LogP contribution is 2.19. The van der Waals surface area contributed by atoms with Crippen LogP contribution in [0.25, 0.3) is 0 Å². The van der Waals surface area contributed by atoms with Gasteiger partial charge in [-0.15, -0.1) is 0 Å². The summed E-state index contributed by atoms with van der Waals surface area (Å²) >= 11 is 1.50. The number of hydrogen-bond donors (Lipinski definition) is 2. The fourth-order valence-corrected chi connectivity index (χ4v) is 2.95. The summed E-state index contributed by atoms with van der Waals surface area (Å²) in [6.45, 7) is 2.57. The molecule has 0 unspecified atom stereocenters. The number of amides is 2. The number of halogens is 1. The van der Waals surface area contributed by atoms with Crippen LogP contribution in [0.1, 0.15) is 19.8 Å². The molecule has 0 aromatic carbocycles. The van der Waals surface area contributed by atoms with Crippen molar-refractivity contribution in [2.75, 3.05) is 25.9 Å². The lowest BCUT2D eigenvalue weighted by Gasteiger charge is -2.23. The molecule has 0 saturated carbocycles. The van der Waals surface area contributed by atoms with Crippen LogP contribution in [0.15, 0.2) is 0 Å². The second-order valence-electron chi connectivity index (χ2n) is 4.76. The maximum Gasteiger partial charge on any atom is 0.233 e. The van der Waals surface area contributed by atoms with Crippen molar-refractivity contribution in [3.05, 3.63) is 0 Å². The molecule has 1 aliphatic heterocycles. The van der Waals surface area contributed by atoms with Crippen molar-refractivity contribution in [1.29, 1.82) is 0 Å². The molecular weight excluding hydrogens is 269 g/mol. The van der Waals surface area contributed by atoms with Crippen molar-refractivity contribution in [3.63, 3.8) is 0 Å². The molecule has 0 bridgehead atoms. The topological polar surface area (TPSA) is 75.4 Å². The number of nitrogens with two attached hydrogens (primary N) is 1. The average molecular weight is 291 g/mol. The first-order valence-electron chi connectivity index (χ1n) is 6.44. The Bertz CT molecular complexity index is 326. The SMILES string of the molecule is CC[C@@H](SC)C(=O)NC[C@@H]1C[C@H](F)CN1CC(N)=O. The minimum Gasteiger partial charge on any atom is -0.369 e. The Balaban J connectivity index is 2.46. The highest BCUT2D eigenvalue weighted by Gasteiger charge is 2.33. The standard InChI is InChI=1S/C12H22FN3O2S/c1-3-10(19-2)12(18)15-5-9-4-8(13)6-16(9)7-11(14)17/h8-10H,3-7H2,1-2H3,(H2,14,17)(H,15,18)/t8-,9-,10+/m0/s1. The van der Waals surface area contributed by atoms with Gasteiger partial charge in [0.25, 0.3) is 0 Å². The zero-order valence-electron chi connectivity index (χ0n) is 11.4. The number of nitrogens with zero attached hydrogens (tertiary/aromatic N) is 1. The lowest BCUT2D eigenvalue weighted by Crippen LogP contribution is -2.45. The minimum absolute atomic E-state index is 0.0312. The van der Waals surface area contributed by atoms with Crippen molar-refractivity contribution in [2.45, 2.75) is 37.2 Å². The summed E-state index contributed by atoms with van der Waals surface area (Å²) in [5.74, 6) is -0.502. The van der Waals surface area contributed by atoms with Gasteiger partial charge < -0.3 is 11.1 Å². The van der Waals surface area contributed by atoms with E-state index in [2.05, 4.69) is 5.32 Å². The third kappa shape index (κ3) is 4.99. The highest BCUT2D eigenvalue weighted by molar-refractivity contribution is 7.99. The second-order valence-corrected chi connectivity index (χ2v) is 5.80. The van der Waals surface area contributed by atoms with E-state index in [0.717, 1.165) is 6.42 Å². The number of hydrogen-bond acceptors (Lipinski definition) is 4. The molecule has 0 radical (unpaired) electrons. The van der Waals surface area contributed by atoms with Gasteiger partial charge in [-0.3, -0.25) is 14.5 Å². The van der Waals surface area contributed by atoms with Crippen LogP contribution < -0.4 is 11.1 Å². The quantitative estimate of drug-likeness (QED) is 0.700. The number of likely N-dealkylation sites (tertiary alicyclic amines) is 1. The summed E-state index contributed by atoms with van der Waals surface area (Å²) in [4.78, 5) is 24.5.